The maximum Gasteiger partial charge on any atom is 0.103 e. The van der Waals surface area contributed by atoms with E-state index < -0.39 is 5.60 Å². The molecule has 1 aromatic rings. The van der Waals surface area contributed by atoms with E-state index in [1.54, 1.807) is 11.8 Å². The fourth-order valence-corrected chi connectivity index (χ4v) is 2.90. The third-order valence-electron chi connectivity index (χ3n) is 2.82. The van der Waals surface area contributed by atoms with Gasteiger partial charge in [-0.15, -0.1) is 11.8 Å². The SMILES string of the molecule is CCSc1cccc(N2CC(C)(O)C2)c1C#N. The molecule has 1 heterocycles. The number of nitrogens with zero attached hydrogens (tertiary/aromatic N) is 2. The lowest BCUT2D eigenvalue weighted by Crippen LogP contribution is -2.60. The summed E-state index contributed by atoms with van der Waals surface area (Å²) in [5.74, 6) is 0.954. The molecule has 1 aliphatic heterocycles. The molecule has 3 nitrogen and oxygen atoms in total. The molecule has 1 aliphatic rings. The second-order valence-corrected chi connectivity index (χ2v) is 5.85. The minimum Gasteiger partial charge on any atom is -0.386 e. The van der Waals surface area contributed by atoms with Crippen molar-refractivity contribution in [2.45, 2.75) is 24.3 Å². The van der Waals surface area contributed by atoms with E-state index in [9.17, 15) is 10.4 Å². The van der Waals surface area contributed by atoms with Gasteiger partial charge in [0.1, 0.15) is 6.07 Å². The lowest BCUT2D eigenvalue weighted by atomic mass is 9.95. The van der Waals surface area contributed by atoms with Gasteiger partial charge in [0.15, 0.2) is 0 Å². The molecular weight excluding hydrogens is 232 g/mol. The van der Waals surface area contributed by atoms with Crippen molar-refractivity contribution < 1.29 is 5.11 Å². The monoisotopic (exact) mass is 248 g/mol. The number of thioether (sulfide) groups is 1. The van der Waals surface area contributed by atoms with Crippen LogP contribution in [-0.2, 0) is 0 Å². The average molecular weight is 248 g/mol. The molecule has 2 rings (SSSR count). The maximum atomic E-state index is 9.75. The number of benzene rings is 1. The largest absolute Gasteiger partial charge is 0.386 e. The lowest BCUT2D eigenvalue weighted by molar-refractivity contribution is 0.0310. The number of aliphatic hydroxyl groups is 1. The van der Waals surface area contributed by atoms with Crippen LogP contribution in [0.5, 0.6) is 0 Å². The van der Waals surface area contributed by atoms with Crippen LogP contribution in [0.25, 0.3) is 0 Å². The molecule has 0 bridgehead atoms. The van der Waals surface area contributed by atoms with Crippen molar-refractivity contribution >= 4 is 17.4 Å². The molecule has 90 valence electrons. The Morgan fingerprint density at radius 2 is 2.24 bits per heavy atom. The number of hydrogen-bond donors (Lipinski definition) is 1. The van der Waals surface area contributed by atoms with Crippen molar-refractivity contribution in [1.29, 1.82) is 5.26 Å². The van der Waals surface area contributed by atoms with Gasteiger partial charge in [-0.05, 0) is 24.8 Å². The Kier molecular flexibility index (Phi) is 3.32. The highest BCUT2D eigenvalue weighted by molar-refractivity contribution is 7.99. The second kappa shape index (κ2) is 4.59. The molecule has 1 saturated heterocycles. The first kappa shape index (κ1) is 12.3. The Hall–Kier alpha value is -1.18. The standard InChI is InChI=1S/C13H16N2OS/c1-3-17-12-6-4-5-11(10(12)7-14)15-8-13(2,16)9-15/h4-6,16H,3,8-9H2,1-2H3. The van der Waals surface area contributed by atoms with Gasteiger partial charge in [0.25, 0.3) is 0 Å². The molecule has 0 aromatic heterocycles. The summed E-state index contributed by atoms with van der Waals surface area (Å²) in [7, 11) is 0. The van der Waals surface area contributed by atoms with Crippen molar-refractivity contribution in [2.75, 3.05) is 23.7 Å². The van der Waals surface area contributed by atoms with Crippen molar-refractivity contribution in [3.05, 3.63) is 23.8 Å². The van der Waals surface area contributed by atoms with Gasteiger partial charge < -0.3 is 10.0 Å². The van der Waals surface area contributed by atoms with Gasteiger partial charge in [0.05, 0.1) is 16.9 Å². The highest BCUT2D eigenvalue weighted by Gasteiger charge is 2.37. The van der Waals surface area contributed by atoms with Gasteiger partial charge >= 0.3 is 0 Å². The predicted octanol–water partition coefficient (Wildman–Crippen LogP) is 2.24. The van der Waals surface area contributed by atoms with E-state index >= 15 is 0 Å². The Bertz CT molecular complexity index is 457. The molecule has 0 radical (unpaired) electrons. The highest BCUT2D eigenvalue weighted by atomic mass is 32.2. The molecule has 17 heavy (non-hydrogen) atoms. The van der Waals surface area contributed by atoms with Crippen LogP contribution in [0.3, 0.4) is 0 Å². The second-order valence-electron chi connectivity index (χ2n) is 4.55. The number of nitriles is 1. The van der Waals surface area contributed by atoms with E-state index in [2.05, 4.69) is 17.9 Å². The Morgan fingerprint density at radius 1 is 1.53 bits per heavy atom. The number of hydrogen-bond acceptors (Lipinski definition) is 4. The van der Waals surface area contributed by atoms with Crippen LogP contribution < -0.4 is 4.90 Å². The molecule has 4 heteroatoms. The van der Waals surface area contributed by atoms with E-state index in [-0.39, 0.29) is 0 Å². The zero-order valence-corrected chi connectivity index (χ0v) is 10.9. The fourth-order valence-electron chi connectivity index (χ4n) is 2.12. The van der Waals surface area contributed by atoms with Crippen LogP contribution in [0.1, 0.15) is 19.4 Å². The first-order valence-corrected chi connectivity index (χ1v) is 6.69. The number of rotatable bonds is 3. The zero-order valence-electron chi connectivity index (χ0n) is 10.1. The fraction of sp³-hybridized carbons (Fsp3) is 0.462. The summed E-state index contributed by atoms with van der Waals surface area (Å²) in [6, 6.07) is 8.19. The van der Waals surface area contributed by atoms with Gasteiger partial charge in [-0.3, -0.25) is 0 Å². The predicted molar refractivity (Wildman–Crippen MR) is 70.4 cm³/mol. The molecule has 0 atom stereocenters. The molecule has 0 saturated carbocycles. The van der Waals surface area contributed by atoms with Crippen molar-refractivity contribution in [1.82, 2.24) is 0 Å². The Labute approximate surface area is 106 Å². The highest BCUT2D eigenvalue weighted by Crippen LogP contribution is 2.34. The summed E-state index contributed by atoms with van der Waals surface area (Å²) in [4.78, 5) is 3.08. The zero-order chi connectivity index (χ0) is 12.5. The first-order chi connectivity index (χ1) is 8.07. The van der Waals surface area contributed by atoms with Crippen molar-refractivity contribution in [2.24, 2.45) is 0 Å². The quantitative estimate of drug-likeness (QED) is 0.833. The summed E-state index contributed by atoms with van der Waals surface area (Å²) in [5.41, 5.74) is 1.06. The van der Waals surface area contributed by atoms with E-state index in [1.807, 2.05) is 25.1 Å². The molecule has 0 aliphatic carbocycles. The van der Waals surface area contributed by atoms with Crippen LogP contribution in [0.15, 0.2) is 23.1 Å². The normalized spacial score (nSPS) is 17.4. The van der Waals surface area contributed by atoms with E-state index in [0.29, 0.717) is 13.1 Å². The molecule has 0 unspecified atom stereocenters. The van der Waals surface area contributed by atoms with Gasteiger partial charge in [0, 0.05) is 18.0 Å². The van der Waals surface area contributed by atoms with E-state index in [4.69, 9.17) is 0 Å². The van der Waals surface area contributed by atoms with Gasteiger partial charge in [-0.1, -0.05) is 13.0 Å². The van der Waals surface area contributed by atoms with Gasteiger partial charge in [-0.2, -0.15) is 5.26 Å². The summed E-state index contributed by atoms with van der Waals surface area (Å²) in [6.45, 7) is 5.09. The van der Waals surface area contributed by atoms with Crippen LogP contribution in [0, 0.1) is 11.3 Å². The molecule has 1 aromatic carbocycles. The first-order valence-electron chi connectivity index (χ1n) is 5.70. The topological polar surface area (TPSA) is 47.3 Å². The van der Waals surface area contributed by atoms with Crippen LogP contribution >= 0.6 is 11.8 Å². The van der Waals surface area contributed by atoms with Crippen LogP contribution in [0.2, 0.25) is 0 Å². The van der Waals surface area contributed by atoms with Crippen molar-refractivity contribution in [3.8, 4) is 6.07 Å². The summed E-state index contributed by atoms with van der Waals surface area (Å²) in [5, 5.41) is 19.0. The lowest BCUT2D eigenvalue weighted by Gasteiger charge is -2.46. The van der Waals surface area contributed by atoms with Crippen LogP contribution in [-0.4, -0.2) is 29.5 Å². The minimum atomic E-state index is -0.610. The Balaban J connectivity index is 2.29. The minimum absolute atomic E-state index is 0.599. The van der Waals surface area contributed by atoms with Crippen LogP contribution in [0.4, 0.5) is 5.69 Å². The maximum absolute atomic E-state index is 9.75. The number of anilines is 1. The molecule has 0 spiro atoms. The molecule has 1 N–H and O–H groups in total. The third kappa shape index (κ3) is 2.41. The Morgan fingerprint density at radius 3 is 2.76 bits per heavy atom. The number of β-amino-alcohol motifs (C(OH)–C–C–N with tert-alkyl or cyclic N) is 1. The summed E-state index contributed by atoms with van der Waals surface area (Å²) < 4.78 is 0. The third-order valence-corrected chi connectivity index (χ3v) is 3.76. The van der Waals surface area contributed by atoms with E-state index in [1.165, 1.54) is 0 Å². The van der Waals surface area contributed by atoms with Crippen molar-refractivity contribution in [3.63, 3.8) is 0 Å². The molecular formula is C13H16N2OS. The average Bonchev–Trinajstić information content (AvgIpc) is 2.26. The van der Waals surface area contributed by atoms with Gasteiger partial charge in [-0.25, -0.2) is 0 Å². The summed E-state index contributed by atoms with van der Waals surface area (Å²) in [6.07, 6.45) is 0. The molecule has 1 fully saturated rings. The molecule has 0 amide bonds. The summed E-state index contributed by atoms with van der Waals surface area (Å²) >= 11 is 1.68. The smallest absolute Gasteiger partial charge is 0.103 e. The van der Waals surface area contributed by atoms with E-state index in [0.717, 1.165) is 21.9 Å². The van der Waals surface area contributed by atoms with Gasteiger partial charge in [0.2, 0.25) is 0 Å².